The van der Waals surface area contributed by atoms with Gasteiger partial charge in [-0.15, -0.1) is 0 Å². The van der Waals surface area contributed by atoms with Crippen LogP contribution in [0.4, 0.5) is 0 Å². The molecule has 0 saturated carbocycles. The van der Waals surface area contributed by atoms with Crippen LogP contribution in [0.3, 0.4) is 0 Å². The molecule has 1 rings (SSSR count). The molecule has 0 aliphatic rings. The van der Waals surface area contributed by atoms with E-state index in [1.165, 1.54) is 0 Å². The third-order valence-corrected chi connectivity index (χ3v) is 2.12. The molecule has 0 atom stereocenters. The Balaban J connectivity index is 2.41. The summed E-state index contributed by atoms with van der Waals surface area (Å²) in [6.07, 6.45) is 3.91. The predicted molar refractivity (Wildman–Crippen MR) is 62.6 cm³/mol. The zero-order valence-corrected chi connectivity index (χ0v) is 9.59. The smallest absolute Gasteiger partial charge is 0.120 e. The summed E-state index contributed by atoms with van der Waals surface area (Å²) >= 11 is 7.42. The van der Waals surface area contributed by atoms with Crippen LogP contribution in [0, 0.1) is 0 Å². The van der Waals surface area contributed by atoms with Crippen LogP contribution in [0.5, 0.6) is 5.75 Å². The van der Waals surface area contributed by atoms with Crippen molar-refractivity contribution in [2.24, 2.45) is 0 Å². The maximum Gasteiger partial charge on any atom is 0.120 e. The molecule has 1 nitrogen and oxygen atoms in total. The molecule has 1 aromatic rings. The minimum atomic E-state index is 0.594. The van der Waals surface area contributed by atoms with E-state index < -0.39 is 0 Å². The Kier molecular flexibility index (Phi) is 5.01. The van der Waals surface area contributed by atoms with Crippen LogP contribution in [-0.4, -0.2) is 12.4 Å². The van der Waals surface area contributed by atoms with E-state index in [2.05, 4.69) is 28.6 Å². The molecular formula is C10H11BrOS. The second kappa shape index (κ2) is 6.11. The third-order valence-electron chi connectivity index (χ3n) is 1.41. The van der Waals surface area contributed by atoms with Gasteiger partial charge in [0.2, 0.25) is 0 Å². The van der Waals surface area contributed by atoms with E-state index in [0.717, 1.165) is 16.0 Å². The van der Waals surface area contributed by atoms with Crippen LogP contribution in [0.2, 0.25) is 0 Å². The topological polar surface area (TPSA) is 9.23 Å². The highest BCUT2D eigenvalue weighted by molar-refractivity contribution is 9.10. The molecule has 0 spiro atoms. The van der Waals surface area contributed by atoms with E-state index >= 15 is 0 Å². The number of thiol groups is 1. The van der Waals surface area contributed by atoms with Gasteiger partial charge in [0.25, 0.3) is 0 Å². The molecule has 0 fully saturated rings. The molecule has 0 aliphatic carbocycles. The van der Waals surface area contributed by atoms with Crippen molar-refractivity contribution in [3.05, 3.63) is 40.9 Å². The van der Waals surface area contributed by atoms with Crippen molar-refractivity contribution in [3.63, 3.8) is 0 Å². The Morgan fingerprint density at radius 3 is 2.92 bits per heavy atom. The highest BCUT2D eigenvalue weighted by atomic mass is 79.9. The maximum atomic E-state index is 5.44. The van der Waals surface area contributed by atoms with Gasteiger partial charge in [-0.1, -0.05) is 34.1 Å². The molecule has 1 aromatic carbocycles. The Hall–Kier alpha value is -0.410. The molecule has 0 saturated heterocycles. The zero-order chi connectivity index (χ0) is 9.52. The summed E-state index contributed by atoms with van der Waals surface area (Å²) in [6, 6.07) is 7.78. The molecule has 0 N–H and O–H groups in total. The van der Waals surface area contributed by atoms with Crippen molar-refractivity contribution in [2.45, 2.75) is 0 Å². The van der Waals surface area contributed by atoms with Gasteiger partial charge in [-0.3, -0.25) is 0 Å². The van der Waals surface area contributed by atoms with Gasteiger partial charge >= 0.3 is 0 Å². The van der Waals surface area contributed by atoms with Gasteiger partial charge in [0.05, 0.1) is 0 Å². The molecule has 0 heterocycles. The minimum Gasteiger partial charge on any atom is -0.490 e. The lowest BCUT2D eigenvalue weighted by molar-refractivity contribution is 0.362. The van der Waals surface area contributed by atoms with Gasteiger partial charge in [0, 0.05) is 10.2 Å². The minimum absolute atomic E-state index is 0.594. The Morgan fingerprint density at radius 1 is 1.38 bits per heavy atom. The molecule has 3 heteroatoms. The first-order valence-electron chi connectivity index (χ1n) is 3.97. The number of hydrogen-bond acceptors (Lipinski definition) is 2. The first-order chi connectivity index (χ1) is 6.33. The molecule has 70 valence electrons. The largest absolute Gasteiger partial charge is 0.490 e. The standard InChI is InChI=1S/C10H11BrOS/c11-9-4-3-5-10(8-9)12-6-1-2-7-13/h1-5,8,13H,6-7H2. The van der Waals surface area contributed by atoms with Crippen molar-refractivity contribution >= 4 is 28.6 Å². The molecule has 13 heavy (non-hydrogen) atoms. The number of hydrogen-bond donors (Lipinski definition) is 1. The van der Waals surface area contributed by atoms with Gasteiger partial charge in [-0.2, -0.15) is 12.6 Å². The van der Waals surface area contributed by atoms with Crippen LogP contribution < -0.4 is 4.74 Å². The summed E-state index contributed by atoms with van der Waals surface area (Å²) in [6.45, 7) is 0.594. The van der Waals surface area contributed by atoms with Crippen molar-refractivity contribution < 1.29 is 4.74 Å². The van der Waals surface area contributed by atoms with Gasteiger partial charge in [-0.05, 0) is 18.2 Å². The SMILES string of the molecule is SCC=CCOc1cccc(Br)c1. The Morgan fingerprint density at radius 2 is 2.23 bits per heavy atom. The highest BCUT2D eigenvalue weighted by Crippen LogP contribution is 2.17. The van der Waals surface area contributed by atoms with Gasteiger partial charge in [0.1, 0.15) is 12.4 Å². The van der Waals surface area contributed by atoms with Crippen LogP contribution in [0.25, 0.3) is 0 Å². The van der Waals surface area contributed by atoms with Crippen molar-refractivity contribution in [2.75, 3.05) is 12.4 Å². The monoisotopic (exact) mass is 258 g/mol. The number of rotatable bonds is 4. The van der Waals surface area contributed by atoms with E-state index in [-0.39, 0.29) is 0 Å². The summed E-state index contributed by atoms with van der Waals surface area (Å²) in [5.41, 5.74) is 0. The fourth-order valence-electron chi connectivity index (χ4n) is 0.844. The fourth-order valence-corrected chi connectivity index (χ4v) is 1.37. The average molecular weight is 259 g/mol. The second-order valence-electron chi connectivity index (χ2n) is 2.42. The van der Waals surface area contributed by atoms with E-state index in [1.54, 1.807) is 0 Å². The summed E-state index contributed by atoms with van der Waals surface area (Å²) in [4.78, 5) is 0. The summed E-state index contributed by atoms with van der Waals surface area (Å²) in [7, 11) is 0. The molecule has 0 radical (unpaired) electrons. The van der Waals surface area contributed by atoms with E-state index in [4.69, 9.17) is 4.74 Å². The average Bonchev–Trinajstić information content (AvgIpc) is 2.13. The lowest BCUT2D eigenvalue weighted by Gasteiger charge is -2.02. The lowest BCUT2D eigenvalue weighted by atomic mass is 10.3. The maximum absolute atomic E-state index is 5.44. The van der Waals surface area contributed by atoms with Gasteiger partial charge in [0.15, 0.2) is 0 Å². The predicted octanol–water partition coefficient (Wildman–Crippen LogP) is 3.31. The normalized spacial score (nSPS) is 10.6. The summed E-state index contributed by atoms with van der Waals surface area (Å²) in [5.74, 6) is 1.63. The zero-order valence-electron chi connectivity index (χ0n) is 7.11. The van der Waals surface area contributed by atoms with Crippen LogP contribution >= 0.6 is 28.6 Å². The van der Waals surface area contributed by atoms with E-state index in [0.29, 0.717) is 6.61 Å². The van der Waals surface area contributed by atoms with Crippen molar-refractivity contribution in [1.29, 1.82) is 0 Å². The highest BCUT2D eigenvalue weighted by Gasteiger charge is 1.91. The molecule has 0 bridgehead atoms. The number of ether oxygens (including phenoxy) is 1. The lowest BCUT2D eigenvalue weighted by Crippen LogP contribution is -1.92. The number of benzene rings is 1. The molecule has 0 aliphatic heterocycles. The van der Waals surface area contributed by atoms with Crippen LogP contribution in [0.15, 0.2) is 40.9 Å². The summed E-state index contributed by atoms with van der Waals surface area (Å²) < 4.78 is 6.47. The molecule has 0 unspecified atom stereocenters. The molecular weight excluding hydrogens is 248 g/mol. The number of halogens is 1. The Labute approximate surface area is 92.3 Å². The van der Waals surface area contributed by atoms with E-state index in [1.807, 2.05) is 36.4 Å². The first kappa shape index (κ1) is 10.7. The Bertz CT molecular complexity index is 286. The molecule has 0 aromatic heterocycles. The van der Waals surface area contributed by atoms with Gasteiger partial charge < -0.3 is 4.74 Å². The van der Waals surface area contributed by atoms with Crippen molar-refractivity contribution in [1.82, 2.24) is 0 Å². The second-order valence-corrected chi connectivity index (χ2v) is 3.70. The van der Waals surface area contributed by atoms with Crippen LogP contribution in [-0.2, 0) is 0 Å². The molecule has 0 amide bonds. The first-order valence-corrected chi connectivity index (χ1v) is 5.39. The fraction of sp³-hybridized carbons (Fsp3) is 0.200. The summed E-state index contributed by atoms with van der Waals surface area (Å²) in [5, 5.41) is 0. The van der Waals surface area contributed by atoms with Crippen molar-refractivity contribution in [3.8, 4) is 5.75 Å². The van der Waals surface area contributed by atoms with Gasteiger partial charge in [-0.25, -0.2) is 0 Å². The van der Waals surface area contributed by atoms with Crippen LogP contribution in [0.1, 0.15) is 0 Å². The quantitative estimate of drug-likeness (QED) is 0.644. The third kappa shape index (κ3) is 4.39. The van der Waals surface area contributed by atoms with E-state index in [9.17, 15) is 0 Å².